The van der Waals surface area contributed by atoms with Crippen LogP contribution in [0.5, 0.6) is 0 Å². The van der Waals surface area contributed by atoms with Gasteiger partial charge in [0.1, 0.15) is 0 Å². The lowest BCUT2D eigenvalue weighted by Gasteiger charge is -2.13. The molecule has 0 heterocycles. The third-order valence-corrected chi connectivity index (χ3v) is 4.60. The molecule has 0 aromatic heterocycles. The van der Waals surface area contributed by atoms with Crippen molar-refractivity contribution in [1.29, 1.82) is 0 Å². The summed E-state index contributed by atoms with van der Waals surface area (Å²) in [6, 6.07) is 6.40. The molecule has 0 saturated carbocycles. The first-order chi connectivity index (χ1) is 12.5. The third kappa shape index (κ3) is 4.92. The van der Waals surface area contributed by atoms with Gasteiger partial charge >= 0.3 is 0 Å². The van der Waals surface area contributed by atoms with Gasteiger partial charge in [-0.1, -0.05) is 67.3 Å². The van der Waals surface area contributed by atoms with Gasteiger partial charge in [-0.2, -0.15) is 0 Å². The number of hydrogen-bond donors (Lipinski definition) is 0. The number of benzene rings is 1. The van der Waals surface area contributed by atoms with E-state index in [4.69, 9.17) is 4.99 Å². The van der Waals surface area contributed by atoms with Crippen molar-refractivity contribution in [3.05, 3.63) is 89.7 Å². The molecule has 2 rings (SSSR count). The fraction of sp³-hybridized carbons (Fsp3) is 0.240. The zero-order valence-corrected chi connectivity index (χ0v) is 16.4. The second kappa shape index (κ2) is 9.15. The lowest BCUT2D eigenvalue weighted by atomic mass is 9.95. The van der Waals surface area contributed by atoms with E-state index in [1.165, 1.54) is 16.7 Å². The van der Waals surface area contributed by atoms with Gasteiger partial charge < -0.3 is 0 Å². The molecule has 1 aromatic carbocycles. The van der Waals surface area contributed by atoms with Crippen molar-refractivity contribution < 1.29 is 0 Å². The minimum atomic E-state index is 0.401. The van der Waals surface area contributed by atoms with Gasteiger partial charge in [-0.3, -0.25) is 4.99 Å². The molecular weight excluding hydrogens is 314 g/mol. The summed E-state index contributed by atoms with van der Waals surface area (Å²) in [7, 11) is 0. The summed E-state index contributed by atoms with van der Waals surface area (Å²) in [5.41, 5.74) is 8.02. The molecule has 0 N–H and O–H groups in total. The maximum atomic E-state index is 4.85. The molecule has 0 bridgehead atoms. The van der Waals surface area contributed by atoms with Crippen LogP contribution in [-0.4, -0.2) is 5.71 Å². The monoisotopic (exact) mass is 343 g/mol. The first-order valence-electron chi connectivity index (χ1n) is 9.09. The van der Waals surface area contributed by atoms with Crippen LogP contribution in [0.4, 0.5) is 0 Å². The summed E-state index contributed by atoms with van der Waals surface area (Å²) >= 11 is 0. The Hall–Kier alpha value is -2.67. The van der Waals surface area contributed by atoms with Gasteiger partial charge in [0.05, 0.1) is 0 Å². The predicted molar refractivity (Wildman–Crippen MR) is 118 cm³/mol. The lowest BCUT2D eigenvalue weighted by molar-refractivity contribution is 0.860. The average Bonchev–Trinajstić information content (AvgIpc) is 2.66. The molecule has 1 aromatic rings. The van der Waals surface area contributed by atoms with E-state index >= 15 is 0 Å². The molecule has 1 nitrogen and oxygen atoms in total. The van der Waals surface area contributed by atoms with Crippen LogP contribution >= 0.6 is 0 Å². The largest absolute Gasteiger partial charge is 0.262 e. The second-order valence-electron chi connectivity index (χ2n) is 6.86. The maximum Gasteiger partial charge on any atom is 0.0378 e. The Labute approximate surface area is 158 Å². The van der Waals surface area contributed by atoms with Gasteiger partial charge in [0.2, 0.25) is 0 Å². The van der Waals surface area contributed by atoms with E-state index in [1.54, 1.807) is 0 Å². The maximum absolute atomic E-state index is 4.85. The number of hydrogen-bond acceptors (Lipinski definition) is 1. The summed E-state index contributed by atoms with van der Waals surface area (Å²) < 4.78 is 0. The van der Waals surface area contributed by atoms with Crippen LogP contribution in [0.3, 0.4) is 0 Å². The molecule has 0 spiro atoms. The van der Waals surface area contributed by atoms with Gasteiger partial charge in [0.15, 0.2) is 0 Å². The molecule has 134 valence electrons. The van der Waals surface area contributed by atoms with Gasteiger partial charge in [0.25, 0.3) is 0 Å². The fourth-order valence-corrected chi connectivity index (χ4v) is 3.11. The van der Waals surface area contributed by atoms with Crippen LogP contribution in [-0.2, 0) is 0 Å². The Morgan fingerprint density at radius 3 is 2.35 bits per heavy atom. The highest BCUT2D eigenvalue weighted by Gasteiger charge is 2.09. The standard InChI is InChI=1S/C25H29N/c1-7-21-14-15-24(17-22(21)8-2)25(18(3)4)16-19(5)26-20(6)23-12-10-9-11-13-23/h7-12,14-17,23H,1-2,13H2,3-6H3/b19-16-,26-20?. The van der Waals surface area contributed by atoms with Crippen molar-refractivity contribution in [2.45, 2.75) is 34.1 Å². The number of allylic oxidation sites excluding steroid dienone is 8. The molecule has 26 heavy (non-hydrogen) atoms. The Morgan fingerprint density at radius 2 is 1.77 bits per heavy atom. The summed E-state index contributed by atoms with van der Waals surface area (Å²) in [5, 5.41) is 0. The van der Waals surface area contributed by atoms with Crippen molar-refractivity contribution >= 4 is 23.4 Å². The van der Waals surface area contributed by atoms with Crippen LogP contribution < -0.4 is 0 Å². The number of nitrogens with zero attached hydrogens (tertiary/aromatic N) is 1. The Kier molecular flexibility index (Phi) is 6.91. The third-order valence-electron chi connectivity index (χ3n) is 4.60. The van der Waals surface area contributed by atoms with Crippen molar-refractivity contribution in [2.75, 3.05) is 0 Å². The van der Waals surface area contributed by atoms with Crippen LogP contribution in [0, 0.1) is 5.92 Å². The van der Waals surface area contributed by atoms with E-state index in [0.29, 0.717) is 5.92 Å². The highest BCUT2D eigenvalue weighted by atomic mass is 14.7. The molecular formula is C25H29N. The number of rotatable bonds is 6. The Morgan fingerprint density at radius 1 is 1.04 bits per heavy atom. The average molecular weight is 344 g/mol. The Bertz CT molecular complexity index is 837. The van der Waals surface area contributed by atoms with Gasteiger partial charge in [-0.25, -0.2) is 0 Å². The topological polar surface area (TPSA) is 12.4 Å². The van der Waals surface area contributed by atoms with E-state index in [2.05, 4.69) is 89.4 Å². The van der Waals surface area contributed by atoms with Crippen molar-refractivity contribution in [3.8, 4) is 0 Å². The zero-order chi connectivity index (χ0) is 19.1. The highest BCUT2D eigenvalue weighted by molar-refractivity contribution is 5.88. The molecule has 1 atom stereocenters. The van der Waals surface area contributed by atoms with Crippen molar-refractivity contribution in [3.63, 3.8) is 0 Å². The smallest absolute Gasteiger partial charge is 0.0378 e. The number of aliphatic imine (C=N–C) groups is 1. The van der Waals surface area contributed by atoms with Gasteiger partial charge in [-0.15, -0.1) is 0 Å². The lowest BCUT2D eigenvalue weighted by Crippen LogP contribution is -2.09. The van der Waals surface area contributed by atoms with Crippen LogP contribution in [0.15, 0.2) is 78.0 Å². The van der Waals surface area contributed by atoms with E-state index in [1.807, 2.05) is 12.2 Å². The first kappa shape index (κ1) is 19.7. The molecule has 0 saturated heterocycles. The molecule has 0 radical (unpaired) electrons. The van der Waals surface area contributed by atoms with Crippen LogP contribution in [0.1, 0.15) is 50.8 Å². The minimum absolute atomic E-state index is 0.401. The van der Waals surface area contributed by atoms with E-state index in [0.717, 1.165) is 29.0 Å². The normalized spacial score (nSPS) is 17.2. The highest BCUT2D eigenvalue weighted by Crippen LogP contribution is 2.26. The summed E-state index contributed by atoms with van der Waals surface area (Å²) in [5.74, 6) is 0.401. The Balaban J connectivity index is 2.36. The van der Waals surface area contributed by atoms with E-state index in [9.17, 15) is 0 Å². The van der Waals surface area contributed by atoms with Crippen LogP contribution in [0.2, 0.25) is 0 Å². The van der Waals surface area contributed by atoms with E-state index < -0.39 is 0 Å². The molecule has 0 aliphatic heterocycles. The summed E-state index contributed by atoms with van der Waals surface area (Å²) in [6.45, 7) is 16.3. The second-order valence-corrected chi connectivity index (χ2v) is 6.86. The van der Waals surface area contributed by atoms with Gasteiger partial charge in [-0.05, 0) is 68.5 Å². The SMILES string of the molecule is C=Cc1ccc(C(/C=C(/C)N=C(C)C2C=CC=CC2)=C(C)C)cc1C=C. The molecule has 0 fully saturated rings. The molecule has 1 unspecified atom stereocenters. The summed E-state index contributed by atoms with van der Waals surface area (Å²) in [6.07, 6.45) is 15.6. The minimum Gasteiger partial charge on any atom is -0.262 e. The van der Waals surface area contributed by atoms with Crippen LogP contribution in [0.25, 0.3) is 17.7 Å². The van der Waals surface area contributed by atoms with Gasteiger partial charge in [0, 0.05) is 17.3 Å². The molecule has 1 heteroatoms. The summed E-state index contributed by atoms with van der Waals surface area (Å²) in [4.78, 5) is 4.85. The fourth-order valence-electron chi connectivity index (χ4n) is 3.11. The molecule has 0 amide bonds. The zero-order valence-electron chi connectivity index (χ0n) is 16.4. The molecule has 1 aliphatic rings. The molecule has 1 aliphatic carbocycles. The first-order valence-corrected chi connectivity index (χ1v) is 9.09. The van der Waals surface area contributed by atoms with Crippen molar-refractivity contribution in [2.24, 2.45) is 10.9 Å². The predicted octanol–water partition coefficient (Wildman–Crippen LogP) is 7.26. The van der Waals surface area contributed by atoms with Crippen molar-refractivity contribution in [1.82, 2.24) is 0 Å². The quantitative estimate of drug-likeness (QED) is 0.380. The van der Waals surface area contributed by atoms with E-state index in [-0.39, 0.29) is 0 Å².